The highest BCUT2D eigenvalue weighted by atomic mass is 16.4. The molecule has 102 valence electrons. The predicted molar refractivity (Wildman–Crippen MR) is 68.3 cm³/mol. The van der Waals surface area contributed by atoms with Crippen LogP contribution in [-0.4, -0.2) is 25.5 Å². The molecule has 3 rings (SSSR count). The van der Waals surface area contributed by atoms with Gasteiger partial charge in [-0.15, -0.1) is 0 Å². The number of aromatic hydroxyl groups is 5. The van der Waals surface area contributed by atoms with Crippen molar-refractivity contribution in [3.05, 3.63) is 28.4 Å². The topological polar surface area (TPSA) is 131 Å². The molecule has 1 heterocycles. The molecule has 2 aromatic carbocycles. The highest BCUT2D eigenvalue weighted by Crippen LogP contribution is 2.42. The average Bonchev–Trinajstić information content (AvgIpc) is 2.42. The molecule has 0 bridgehead atoms. The third-order valence-corrected chi connectivity index (χ3v) is 3.01. The van der Waals surface area contributed by atoms with Crippen LogP contribution < -0.4 is 5.43 Å². The maximum Gasteiger partial charge on any atom is 0.205 e. The van der Waals surface area contributed by atoms with E-state index < -0.39 is 39.8 Å². The lowest BCUT2D eigenvalue weighted by atomic mass is 10.1. The molecule has 0 aliphatic heterocycles. The van der Waals surface area contributed by atoms with Gasteiger partial charge in [0.05, 0.1) is 10.8 Å². The van der Waals surface area contributed by atoms with Crippen molar-refractivity contribution in [2.45, 2.75) is 0 Å². The third kappa shape index (κ3) is 1.37. The van der Waals surface area contributed by atoms with Crippen LogP contribution in [-0.2, 0) is 0 Å². The van der Waals surface area contributed by atoms with Crippen molar-refractivity contribution >= 4 is 21.9 Å². The van der Waals surface area contributed by atoms with Gasteiger partial charge < -0.3 is 29.9 Å². The second kappa shape index (κ2) is 3.70. The van der Waals surface area contributed by atoms with Crippen LogP contribution in [0, 0.1) is 0 Å². The molecule has 0 spiro atoms. The zero-order chi connectivity index (χ0) is 14.6. The van der Waals surface area contributed by atoms with Crippen LogP contribution in [0.25, 0.3) is 21.9 Å². The lowest BCUT2D eigenvalue weighted by molar-refractivity contribution is 0.366. The van der Waals surface area contributed by atoms with Gasteiger partial charge in [0.1, 0.15) is 0 Å². The summed E-state index contributed by atoms with van der Waals surface area (Å²) in [7, 11) is 0. The van der Waals surface area contributed by atoms with Crippen LogP contribution in [0.1, 0.15) is 0 Å². The van der Waals surface area contributed by atoms with Gasteiger partial charge in [0.15, 0.2) is 22.7 Å². The highest BCUT2D eigenvalue weighted by Gasteiger charge is 2.19. The van der Waals surface area contributed by atoms with Gasteiger partial charge in [-0.1, -0.05) is 0 Å². The maximum absolute atomic E-state index is 12.2. The Labute approximate surface area is 110 Å². The number of phenols is 5. The molecule has 20 heavy (non-hydrogen) atoms. The molecule has 5 N–H and O–H groups in total. The molecule has 7 nitrogen and oxygen atoms in total. The summed E-state index contributed by atoms with van der Waals surface area (Å²) >= 11 is 0. The summed E-state index contributed by atoms with van der Waals surface area (Å²) in [4.78, 5) is 12.2. The number of fused-ring (bicyclic) bond motifs is 2. The molecule has 0 saturated heterocycles. The number of rotatable bonds is 0. The van der Waals surface area contributed by atoms with E-state index in [1.807, 2.05) is 0 Å². The molecular weight excluding hydrogens is 268 g/mol. The molecule has 0 radical (unpaired) electrons. The molecule has 0 amide bonds. The van der Waals surface area contributed by atoms with Gasteiger partial charge in [-0.05, 0) is 18.2 Å². The van der Waals surface area contributed by atoms with E-state index in [9.17, 15) is 30.3 Å². The summed E-state index contributed by atoms with van der Waals surface area (Å²) in [5, 5.41) is 47.4. The van der Waals surface area contributed by atoms with Crippen molar-refractivity contribution in [2.75, 3.05) is 0 Å². The first-order valence-corrected chi connectivity index (χ1v) is 5.47. The molecule has 0 atom stereocenters. The van der Waals surface area contributed by atoms with Gasteiger partial charge in [0, 0.05) is 0 Å². The zero-order valence-electron chi connectivity index (χ0n) is 9.78. The van der Waals surface area contributed by atoms with E-state index in [-0.39, 0.29) is 16.4 Å². The molecular formula is C13H8O7. The predicted octanol–water partition coefficient (Wildman–Crippen LogP) is 1.47. The Morgan fingerprint density at radius 3 is 2.10 bits per heavy atom. The van der Waals surface area contributed by atoms with Gasteiger partial charge >= 0.3 is 0 Å². The van der Waals surface area contributed by atoms with E-state index in [0.717, 1.165) is 12.1 Å². The first kappa shape index (κ1) is 12.0. The lowest BCUT2D eigenvalue weighted by Crippen LogP contribution is -2.02. The summed E-state index contributed by atoms with van der Waals surface area (Å²) in [6.07, 6.45) is 0. The zero-order valence-corrected chi connectivity index (χ0v) is 9.78. The van der Waals surface area contributed by atoms with Crippen LogP contribution in [0.5, 0.6) is 28.7 Å². The summed E-state index contributed by atoms with van der Waals surface area (Å²) < 4.78 is 5.17. The summed E-state index contributed by atoms with van der Waals surface area (Å²) in [5.41, 5.74) is -1.37. The molecule has 0 aliphatic carbocycles. The maximum atomic E-state index is 12.2. The monoisotopic (exact) mass is 276 g/mol. The summed E-state index contributed by atoms with van der Waals surface area (Å²) in [6.45, 7) is 0. The number of benzene rings is 2. The highest BCUT2D eigenvalue weighted by molar-refractivity contribution is 5.97. The Balaban J connectivity index is 2.65. The Morgan fingerprint density at radius 2 is 1.40 bits per heavy atom. The van der Waals surface area contributed by atoms with E-state index >= 15 is 0 Å². The number of hydrogen-bond donors (Lipinski definition) is 5. The van der Waals surface area contributed by atoms with Crippen molar-refractivity contribution in [3.8, 4) is 28.7 Å². The smallest absolute Gasteiger partial charge is 0.205 e. The number of phenolic OH excluding ortho intramolecular Hbond substituents is 5. The van der Waals surface area contributed by atoms with Crippen LogP contribution in [0.15, 0.2) is 27.4 Å². The fraction of sp³-hybridized carbons (Fsp3) is 0. The van der Waals surface area contributed by atoms with Crippen molar-refractivity contribution in [2.24, 2.45) is 0 Å². The van der Waals surface area contributed by atoms with Gasteiger partial charge in [0.25, 0.3) is 0 Å². The normalized spacial score (nSPS) is 11.2. The van der Waals surface area contributed by atoms with Crippen LogP contribution in [0.4, 0.5) is 0 Å². The minimum absolute atomic E-state index is 0.0442. The van der Waals surface area contributed by atoms with E-state index in [2.05, 4.69) is 0 Å². The third-order valence-electron chi connectivity index (χ3n) is 3.01. The molecule has 3 aromatic rings. The molecule has 0 saturated carbocycles. The van der Waals surface area contributed by atoms with E-state index in [4.69, 9.17) is 4.42 Å². The summed E-state index contributed by atoms with van der Waals surface area (Å²) in [6, 6.07) is 3.29. The summed E-state index contributed by atoms with van der Waals surface area (Å²) in [5.74, 6) is -3.51. The Kier molecular flexibility index (Phi) is 2.22. The SMILES string of the molecule is O=c1c2ccc(O)c(O)c2oc2c(O)c(O)c(O)cc12. The van der Waals surface area contributed by atoms with E-state index in [1.54, 1.807) is 0 Å². The average molecular weight is 276 g/mol. The van der Waals surface area contributed by atoms with Gasteiger partial charge in [0.2, 0.25) is 22.7 Å². The van der Waals surface area contributed by atoms with Crippen LogP contribution in [0.2, 0.25) is 0 Å². The second-order valence-electron chi connectivity index (χ2n) is 4.21. The quantitative estimate of drug-likeness (QED) is 0.310. The van der Waals surface area contributed by atoms with Crippen LogP contribution in [0.3, 0.4) is 0 Å². The molecule has 7 heteroatoms. The van der Waals surface area contributed by atoms with Crippen molar-refractivity contribution in [3.63, 3.8) is 0 Å². The molecule has 0 aliphatic rings. The largest absolute Gasteiger partial charge is 0.504 e. The van der Waals surface area contributed by atoms with Crippen LogP contribution >= 0.6 is 0 Å². The Bertz CT molecular complexity index is 924. The minimum atomic E-state index is -0.848. The standard InChI is InChI=1S/C13H8O7/c14-6-2-1-4-8(16)5-3-7(15)9(17)11(19)13(5)20-12(4)10(6)18/h1-3,14-15,17-19H. The molecule has 0 unspecified atom stereocenters. The fourth-order valence-corrected chi connectivity index (χ4v) is 1.99. The number of hydrogen-bond acceptors (Lipinski definition) is 7. The Hall–Kier alpha value is -3.09. The first-order valence-electron chi connectivity index (χ1n) is 5.47. The van der Waals surface area contributed by atoms with Gasteiger partial charge in [-0.25, -0.2) is 0 Å². The van der Waals surface area contributed by atoms with Crippen molar-refractivity contribution in [1.82, 2.24) is 0 Å². The van der Waals surface area contributed by atoms with Gasteiger partial charge in [-0.3, -0.25) is 4.79 Å². The molecule has 0 fully saturated rings. The first-order chi connectivity index (χ1) is 9.41. The van der Waals surface area contributed by atoms with E-state index in [0.29, 0.717) is 0 Å². The van der Waals surface area contributed by atoms with E-state index in [1.165, 1.54) is 6.07 Å². The minimum Gasteiger partial charge on any atom is -0.504 e. The lowest BCUT2D eigenvalue weighted by Gasteiger charge is -2.07. The second-order valence-corrected chi connectivity index (χ2v) is 4.21. The fourth-order valence-electron chi connectivity index (χ4n) is 1.99. The molecule has 1 aromatic heterocycles. The van der Waals surface area contributed by atoms with Crippen molar-refractivity contribution in [1.29, 1.82) is 0 Å². The Morgan fingerprint density at radius 1 is 0.750 bits per heavy atom. The van der Waals surface area contributed by atoms with Crippen molar-refractivity contribution < 1.29 is 29.9 Å². The van der Waals surface area contributed by atoms with Gasteiger partial charge in [-0.2, -0.15) is 0 Å².